The van der Waals surface area contributed by atoms with Gasteiger partial charge in [-0.05, 0) is 24.8 Å². The molecular formula is C24H35N3O+2. The lowest BCUT2D eigenvalue weighted by Crippen LogP contribution is -3.41. The van der Waals surface area contributed by atoms with Crippen molar-refractivity contribution in [3.05, 3.63) is 36.0 Å². The minimum Gasteiger partial charge on any atom is -0.347 e. The van der Waals surface area contributed by atoms with Gasteiger partial charge in [-0.1, -0.05) is 45.9 Å². The number of rotatable bonds is 4. The zero-order valence-electron chi connectivity index (χ0n) is 18.0. The second kappa shape index (κ2) is 5.93. The summed E-state index contributed by atoms with van der Waals surface area (Å²) in [4.78, 5) is 17.1. The Balaban J connectivity index is 1.65. The number of nitrogens with one attached hydrogen (secondary N) is 2. The van der Waals surface area contributed by atoms with Crippen molar-refractivity contribution in [1.29, 1.82) is 0 Å². The number of benzene rings is 1. The van der Waals surface area contributed by atoms with E-state index in [2.05, 4.69) is 69.6 Å². The van der Waals surface area contributed by atoms with E-state index in [9.17, 15) is 4.79 Å². The summed E-state index contributed by atoms with van der Waals surface area (Å²) in [6.45, 7) is 16.4. The fraction of sp³-hybridized carbons (Fsp3) is 0.625. The van der Waals surface area contributed by atoms with Crippen LogP contribution in [0.2, 0.25) is 0 Å². The lowest BCUT2D eigenvalue weighted by molar-refractivity contribution is -1.18. The van der Waals surface area contributed by atoms with Crippen LogP contribution in [-0.2, 0) is 11.3 Å². The molecule has 28 heavy (non-hydrogen) atoms. The largest absolute Gasteiger partial charge is 0.347 e. The first kappa shape index (κ1) is 18.4. The molecule has 0 amide bonds. The van der Waals surface area contributed by atoms with Gasteiger partial charge in [-0.25, -0.2) is 0 Å². The van der Waals surface area contributed by atoms with Gasteiger partial charge in [0, 0.05) is 23.6 Å². The molecule has 4 bridgehead atoms. The molecule has 4 aliphatic heterocycles. The average molecular weight is 382 g/mol. The molecule has 0 atom stereocenters. The monoisotopic (exact) mass is 381 g/mol. The Morgan fingerprint density at radius 2 is 1.54 bits per heavy atom. The van der Waals surface area contributed by atoms with E-state index in [4.69, 9.17) is 0 Å². The van der Waals surface area contributed by atoms with Crippen molar-refractivity contribution in [2.75, 3.05) is 26.2 Å². The number of nitrogens with zero attached hydrogens (tertiary/aromatic N) is 1. The standard InChI is InChI=1S/C24H33N3O/c1-6-25-11-19(18-9-7-8-10-20(18)25)21-26-12-23(16(2)3)13-27(21)15-24(14-26,17(4)5)22(23)28/h7-11,16-17,21H,6,12-15H2,1-5H3/p+2. The quantitative estimate of drug-likeness (QED) is 0.822. The van der Waals surface area contributed by atoms with E-state index in [0.717, 1.165) is 32.7 Å². The fourth-order valence-corrected chi connectivity index (χ4v) is 6.93. The van der Waals surface area contributed by atoms with E-state index in [-0.39, 0.29) is 10.8 Å². The van der Waals surface area contributed by atoms with E-state index in [1.165, 1.54) is 16.5 Å². The van der Waals surface area contributed by atoms with Crippen LogP contribution in [0.25, 0.3) is 10.9 Å². The Bertz CT molecular complexity index is 894. The normalized spacial score (nSPS) is 37.0. The van der Waals surface area contributed by atoms with Crippen molar-refractivity contribution in [3.8, 4) is 0 Å². The molecule has 150 valence electrons. The first-order chi connectivity index (χ1) is 13.3. The van der Waals surface area contributed by atoms with E-state index >= 15 is 0 Å². The van der Waals surface area contributed by atoms with Crippen LogP contribution in [-0.4, -0.2) is 36.5 Å². The third kappa shape index (κ3) is 2.11. The smallest absolute Gasteiger partial charge is 0.242 e. The van der Waals surface area contributed by atoms with Gasteiger partial charge in [-0.3, -0.25) is 14.6 Å². The first-order valence-corrected chi connectivity index (χ1v) is 11.2. The Kier molecular flexibility index (Phi) is 3.89. The number of carbonyl (C=O) groups excluding carboxylic acids is 1. The second-order valence-corrected chi connectivity index (χ2v) is 10.3. The fourth-order valence-electron chi connectivity index (χ4n) is 6.93. The highest BCUT2D eigenvalue weighted by Crippen LogP contribution is 2.45. The van der Waals surface area contributed by atoms with Crippen molar-refractivity contribution in [1.82, 2.24) is 4.57 Å². The van der Waals surface area contributed by atoms with Crippen LogP contribution in [0.4, 0.5) is 0 Å². The maximum atomic E-state index is 13.8. The van der Waals surface area contributed by atoms with Crippen molar-refractivity contribution < 1.29 is 14.6 Å². The molecule has 0 spiro atoms. The lowest BCUT2D eigenvalue weighted by Gasteiger charge is -2.62. The van der Waals surface area contributed by atoms with Gasteiger partial charge < -0.3 is 4.57 Å². The summed E-state index contributed by atoms with van der Waals surface area (Å²) in [6.07, 6.45) is 2.87. The SMILES string of the molecule is CCn1cc(C2[NH+]3CC4(C(C)C)C[NH+]2CC(C(C)C)(C3)C4=O)c2ccccc21. The minimum atomic E-state index is -0.134. The van der Waals surface area contributed by atoms with Crippen LogP contribution in [0.5, 0.6) is 0 Å². The summed E-state index contributed by atoms with van der Waals surface area (Å²) in [6, 6.07) is 8.87. The van der Waals surface area contributed by atoms with Crippen LogP contribution in [0.3, 0.4) is 0 Å². The first-order valence-electron chi connectivity index (χ1n) is 11.2. The maximum Gasteiger partial charge on any atom is 0.242 e. The van der Waals surface area contributed by atoms with Crippen LogP contribution in [0.1, 0.15) is 46.3 Å². The number of para-hydroxylation sites is 1. The summed E-state index contributed by atoms with van der Waals surface area (Å²) >= 11 is 0. The summed E-state index contributed by atoms with van der Waals surface area (Å²) in [5, 5.41) is 1.41. The molecular weight excluding hydrogens is 346 g/mol. The number of aryl methyl sites for hydroxylation is 1. The highest BCUT2D eigenvalue weighted by Gasteiger charge is 2.73. The van der Waals surface area contributed by atoms with Crippen molar-refractivity contribution in [2.24, 2.45) is 22.7 Å². The Morgan fingerprint density at radius 3 is 2.04 bits per heavy atom. The van der Waals surface area contributed by atoms with E-state index in [1.54, 1.807) is 9.80 Å². The van der Waals surface area contributed by atoms with Crippen molar-refractivity contribution >= 4 is 16.7 Å². The van der Waals surface area contributed by atoms with Crippen LogP contribution < -0.4 is 9.80 Å². The third-order valence-corrected chi connectivity index (χ3v) is 8.57. The number of ketones is 1. The van der Waals surface area contributed by atoms with E-state index in [0.29, 0.717) is 23.8 Å². The summed E-state index contributed by atoms with van der Waals surface area (Å²) in [5.74, 6) is 1.43. The van der Waals surface area contributed by atoms with Gasteiger partial charge in [0.1, 0.15) is 37.0 Å². The maximum absolute atomic E-state index is 13.8. The molecule has 4 fully saturated rings. The zero-order chi connectivity index (χ0) is 19.8. The van der Waals surface area contributed by atoms with Crippen molar-refractivity contribution in [2.45, 2.75) is 47.3 Å². The summed E-state index contributed by atoms with van der Waals surface area (Å²) in [7, 11) is 0. The van der Waals surface area contributed by atoms with Crippen molar-refractivity contribution in [3.63, 3.8) is 0 Å². The molecule has 2 aromatic rings. The second-order valence-electron chi connectivity index (χ2n) is 10.3. The molecule has 0 unspecified atom stereocenters. The Morgan fingerprint density at radius 1 is 1.00 bits per heavy atom. The minimum absolute atomic E-state index is 0.134. The van der Waals surface area contributed by atoms with Gasteiger partial charge in [-0.15, -0.1) is 0 Å². The molecule has 0 radical (unpaired) electrons. The molecule has 4 aliphatic rings. The molecule has 5 heterocycles. The van der Waals surface area contributed by atoms with Gasteiger partial charge >= 0.3 is 0 Å². The molecule has 4 heteroatoms. The number of hydrogen-bond acceptors (Lipinski definition) is 1. The van der Waals surface area contributed by atoms with Gasteiger partial charge in [0.15, 0.2) is 5.78 Å². The summed E-state index contributed by atoms with van der Waals surface area (Å²) < 4.78 is 2.40. The molecule has 6 rings (SSSR count). The van der Waals surface area contributed by atoms with Crippen LogP contribution in [0, 0.1) is 22.7 Å². The summed E-state index contributed by atoms with van der Waals surface area (Å²) in [5.41, 5.74) is 2.57. The predicted octanol–water partition coefficient (Wildman–Crippen LogP) is 1.32. The predicted molar refractivity (Wildman–Crippen MR) is 111 cm³/mol. The molecule has 1 aromatic heterocycles. The molecule has 4 nitrogen and oxygen atoms in total. The molecule has 4 saturated heterocycles. The number of fused-ring (bicyclic) bond motifs is 1. The average Bonchev–Trinajstić information content (AvgIpc) is 3.03. The number of Topliss-reactive ketones (excluding diaryl/α,β-unsaturated/α-hetero) is 1. The van der Waals surface area contributed by atoms with Gasteiger partial charge in [0.25, 0.3) is 0 Å². The topological polar surface area (TPSA) is 30.9 Å². The number of piperidine rings is 2. The lowest BCUT2D eigenvalue weighted by atomic mass is 9.53. The van der Waals surface area contributed by atoms with Crippen LogP contribution >= 0.6 is 0 Å². The number of quaternary nitrogens is 2. The highest BCUT2D eigenvalue weighted by atomic mass is 16.1. The molecule has 1 aromatic carbocycles. The molecule has 0 aliphatic carbocycles. The number of carbonyl (C=O) groups is 1. The van der Waals surface area contributed by atoms with E-state index in [1.807, 2.05) is 0 Å². The Labute approximate surface area is 168 Å². The van der Waals surface area contributed by atoms with Gasteiger partial charge in [0.05, 0.1) is 5.56 Å². The number of aromatic nitrogens is 1. The van der Waals surface area contributed by atoms with Gasteiger partial charge in [-0.2, -0.15) is 0 Å². The molecule has 0 saturated carbocycles. The van der Waals surface area contributed by atoms with Crippen LogP contribution in [0.15, 0.2) is 30.5 Å². The van der Waals surface area contributed by atoms with Gasteiger partial charge in [0.2, 0.25) is 6.17 Å². The highest BCUT2D eigenvalue weighted by molar-refractivity contribution is 5.92. The zero-order valence-corrected chi connectivity index (χ0v) is 18.0. The van der Waals surface area contributed by atoms with E-state index < -0.39 is 0 Å². The third-order valence-electron chi connectivity index (χ3n) is 8.57. The Hall–Kier alpha value is -1.65. The molecule has 2 N–H and O–H groups in total. The number of hydrogen-bond donors (Lipinski definition) is 2.